The van der Waals surface area contributed by atoms with E-state index in [1.54, 1.807) is 36.4 Å². The number of urea groups is 1. The zero-order valence-corrected chi connectivity index (χ0v) is 9.11. The highest BCUT2D eigenvalue weighted by Gasteiger charge is 2.13. The van der Waals surface area contributed by atoms with Gasteiger partial charge < -0.3 is 10.6 Å². The van der Waals surface area contributed by atoms with Gasteiger partial charge in [-0.25, -0.2) is 4.79 Å². The SMILES string of the molecule is NC(=O)N(Oc1ccccc1)c1ccccc1. The number of anilines is 1. The highest BCUT2D eigenvalue weighted by Crippen LogP contribution is 2.17. The van der Waals surface area contributed by atoms with Gasteiger partial charge in [0.2, 0.25) is 0 Å². The number of benzene rings is 2. The van der Waals surface area contributed by atoms with Gasteiger partial charge in [0.25, 0.3) is 0 Å². The van der Waals surface area contributed by atoms with E-state index < -0.39 is 6.03 Å². The second-order valence-electron chi connectivity index (χ2n) is 3.37. The van der Waals surface area contributed by atoms with Gasteiger partial charge in [0.15, 0.2) is 5.75 Å². The molecule has 86 valence electrons. The van der Waals surface area contributed by atoms with E-state index in [-0.39, 0.29) is 0 Å². The Morgan fingerprint density at radius 2 is 1.47 bits per heavy atom. The first-order chi connectivity index (χ1) is 8.27. The van der Waals surface area contributed by atoms with Gasteiger partial charge in [-0.05, 0) is 24.3 Å². The summed E-state index contributed by atoms with van der Waals surface area (Å²) < 4.78 is 0. The van der Waals surface area contributed by atoms with Crippen molar-refractivity contribution in [2.24, 2.45) is 5.73 Å². The average Bonchev–Trinajstić information content (AvgIpc) is 2.38. The third-order valence-electron chi connectivity index (χ3n) is 2.13. The lowest BCUT2D eigenvalue weighted by molar-refractivity contribution is 0.221. The Balaban J connectivity index is 2.23. The van der Waals surface area contributed by atoms with Gasteiger partial charge in [-0.15, -0.1) is 5.06 Å². The van der Waals surface area contributed by atoms with Crippen molar-refractivity contribution < 1.29 is 9.63 Å². The molecule has 0 saturated carbocycles. The largest absolute Gasteiger partial charge is 0.370 e. The highest BCUT2D eigenvalue weighted by molar-refractivity contribution is 5.88. The molecule has 0 aliphatic heterocycles. The zero-order valence-electron chi connectivity index (χ0n) is 9.11. The van der Waals surface area contributed by atoms with E-state index in [4.69, 9.17) is 10.6 Å². The minimum atomic E-state index is -0.667. The van der Waals surface area contributed by atoms with E-state index in [9.17, 15) is 4.79 Å². The summed E-state index contributed by atoms with van der Waals surface area (Å²) in [7, 11) is 0. The van der Waals surface area contributed by atoms with Crippen molar-refractivity contribution in [3.63, 3.8) is 0 Å². The number of hydrogen-bond acceptors (Lipinski definition) is 2. The van der Waals surface area contributed by atoms with Crippen molar-refractivity contribution in [1.82, 2.24) is 0 Å². The fraction of sp³-hybridized carbons (Fsp3) is 0. The molecule has 0 spiro atoms. The van der Waals surface area contributed by atoms with Gasteiger partial charge in [-0.1, -0.05) is 36.4 Å². The monoisotopic (exact) mass is 228 g/mol. The standard InChI is InChI=1S/C13H12N2O2/c14-13(16)15(11-7-3-1-4-8-11)17-12-9-5-2-6-10-12/h1-10H,(H2,14,16). The minimum Gasteiger partial charge on any atom is -0.370 e. The predicted molar refractivity (Wildman–Crippen MR) is 65.6 cm³/mol. The third kappa shape index (κ3) is 2.75. The van der Waals surface area contributed by atoms with Crippen LogP contribution in [0, 0.1) is 0 Å². The maximum absolute atomic E-state index is 11.3. The van der Waals surface area contributed by atoms with Crippen LogP contribution in [0.2, 0.25) is 0 Å². The maximum Gasteiger partial charge on any atom is 0.352 e. The fourth-order valence-corrected chi connectivity index (χ4v) is 1.38. The van der Waals surface area contributed by atoms with E-state index in [1.165, 1.54) is 0 Å². The quantitative estimate of drug-likeness (QED) is 0.821. The summed E-state index contributed by atoms with van der Waals surface area (Å²) in [5, 5.41) is 1.05. The Kier molecular flexibility index (Phi) is 3.25. The van der Waals surface area contributed by atoms with Crippen LogP contribution in [0.4, 0.5) is 10.5 Å². The maximum atomic E-state index is 11.3. The van der Waals surface area contributed by atoms with Crippen LogP contribution in [0.1, 0.15) is 0 Å². The van der Waals surface area contributed by atoms with Gasteiger partial charge >= 0.3 is 6.03 Å². The molecule has 0 aliphatic rings. The number of para-hydroxylation sites is 2. The summed E-state index contributed by atoms with van der Waals surface area (Å²) in [5.41, 5.74) is 5.87. The van der Waals surface area contributed by atoms with Crippen molar-refractivity contribution in [1.29, 1.82) is 0 Å². The molecule has 4 nitrogen and oxygen atoms in total. The van der Waals surface area contributed by atoms with Crippen molar-refractivity contribution in [3.8, 4) is 5.75 Å². The summed E-state index contributed by atoms with van der Waals surface area (Å²) in [5.74, 6) is 0.551. The van der Waals surface area contributed by atoms with Crippen molar-refractivity contribution in [3.05, 3.63) is 60.7 Å². The van der Waals surface area contributed by atoms with E-state index in [1.807, 2.05) is 24.3 Å². The number of rotatable bonds is 3. The number of nitrogens with two attached hydrogens (primary N) is 1. The molecule has 0 radical (unpaired) electrons. The number of hydrogen-bond donors (Lipinski definition) is 1. The zero-order chi connectivity index (χ0) is 12.1. The summed E-state index contributed by atoms with van der Waals surface area (Å²) in [6.07, 6.45) is 0. The van der Waals surface area contributed by atoms with Gasteiger partial charge in [-0.3, -0.25) is 0 Å². The first-order valence-corrected chi connectivity index (χ1v) is 5.15. The van der Waals surface area contributed by atoms with Crippen LogP contribution < -0.4 is 15.6 Å². The smallest absolute Gasteiger partial charge is 0.352 e. The Hall–Kier alpha value is -2.49. The number of carbonyl (C=O) groups excluding carboxylic acids is 1. The first-order valence-electron chi connectivity index (χ1n) is 5.15. The molecule has 0 saturated heterocycles. The molecule has 0 aliphatic carbocycles. The molecule has 2 amide bonds. The van der Waals surface area contributed by atoms with E-state index >= 15 is 0 Å². The molecule has 2 aromatic carbocycles. The van der Waals surface area contributed by atoms with Gasteiger partial charge in [-0.2, -0.15) is 0 Å². The molecular formula is C13H12N2O2. The minimum absolute atomic E-state index is 0.551. The lowest BCUT2D eigenvalue weighted by Gasteiger charge is -2.19. The van der Waals surface area contributed by atoms with E-state index in [0.29, 0.717) is 11.4 Å². The third-order valence-corrected chi connectivity index (χ3v) is 2.13. The number of carbonyl (C=O) groups is 1. The average molecular weight is 228 g/mol. The van der Waals surface area contributed by atoms with Crippen molar-refractivity contribution in [2.45, 2.75) is 0 Å². The molecule has 2 N–H and O–H groups in total. The molecule has 0 heterocycles. The van der Waals surface area contributed by atoms with Gasteiger partial charge in [0, 0.05) is 0 Å². The molecule has 17 heavy (non-hydrogen) atoms. The van der Waals surface area contributed by atoms with Crippen molar-refractivity contribution in [2.75, 3.05) is 5.06 Å². The normalized spacial score (nSPS) is 9.65. The molecule has 2 rings (SSSR count). The first kappa shape index (κ1) is 11.0. The van der Waals surface area contributed by atoms with Crippen LogP contribution >= 0.6 is 0 Å². The number of amides is 2. The molecule has 0 fully saturated rings. The van der Waals surface area contributed by atoms with Crippen LogP contribution in [0.25, 0.3) is 0 Å². The second kappa shape index (κ2) is 5.03. The topological polar surface area (TPSA) is 55.6 Å². The Labute approximate surface area is 99.2 Å². The number of primary amides is 1. The Bertz CT molecular complexity index is 485. The molecule has 0 unspecified atom stereocenters. The molecule has 0 aromatic heterocycles. The number of nitrogens with zero attached hydrogens (tertiary/aromatic N) is 1. The molecule has 0 atom stereocenters. The lowest BCUT2D eigenvalue weighted by Crippen LogP contribution is -2.38. The lowest BCUT2D eigenvalue weighted by atomic mass is 10.3. The Morgan fingerprint density at radius 1 is 0.941 bits per heavy atom. The molecule has 0 bridgehead atoms. The van der Waals surface area contributed by atoms with E-state index in [0.717, 1.165) is 5.06 Å². The van der Waals surface area contributed by atoms with Crippen LogP contribution in [0.15, 0.2) is 60.7 Å². The predicted octanol–water partition coefficient (Wildman–Crippen LogP) is 2.57. The highest BCUT2D eigenvalue weighted by atomic mass is 16.7. The summed E-state index contributed by atoms with van der Waals surface area (Å²) in [6, 6.07) is 17.3. The molecule has 2 aromatic rings. The fourth-order valence-electron chi connectivity index (χ4n) is 1.38. The summed E-state index contributed by atoms with van der Waals surface area (Å²) >= 11 is 0. The van der Waals surface area contributed by atoms with Gasteiger partial charge in [0.05, 0.1) is 5.69 Å². The molecule has 4 heteroatoms. The van der Waals surface area contributed by atoms with E-state index in [2.05, 4.69) is 0 Å². The van der Waals surface area contributed by atoms with Crippen LogP contribution in [0.5, 0.6) is 5.75 Å². The van der Waals surface area contributed by atoms with Crippen LogP contribution in [-0.2, 0) is 0 Å². The number of hydroxylamine groups is 1. The summed E-state index contributed by atoms with van der Waals surface area (Å²) in [6.45, 7) is 0. The van der Waals surface area contributed by atoms with Gasteiger partial charge in [0.1, 0.15) is 0 Å². The van der Waals surface area contributed by atoms with Crippen LogP contribution in [-0.4, -0.2) is 6.03 Å². The van der Waals surface area contributed by atoms with Crippen molar-refractivity contribution >= 4 is 11.7 Å². The summed E-state index contributed by atoms with van der Waals surface area (Å²) in [4.78, 5) is 16.7. The Morgan fingerprint density at radius 3 is 2.00 bits per heavy atom. The second-order valence-corrected chi connectivity index (χ2v) is 3.37. The molecular weight excluding hydrogens is 216 g/mol. The van der Waals surface area contributed by atoms with Crippen LogP contribution in [0.3, 0.4) is 0 Å².